The minimum absolute atomic E-state index is 0.338. The van der Waals surface area contributed by atoms with E-state index < -0.39 is 28.9 Å². The van der Waals surface area contributed by atoms with Gasteiger partial charge in [-0.25, -0.2) is 8.78 Å². The van der Waals surface area contributed by atoms with Crippen LogP contribution in [-0.4, -0.2) is 24.2 Å². The summed E-state index contributed by atoms with van der Waals surface area (Å²) < 4.78 is 26.0. The van der Waals surface area contributed by atoms with E-state index in [9.17, 15) is 13.6 Å². The Kier molecular flexibility index (Phi) is 2.87. The van der Waals surface area contributed by atoms with Crippen molar-refractivity contribution in [1.82, 2.24) is 5.32 Å². The molecule has 2 N–H and O–H groups in total. The Morgan fingerprint density at radius 3 is 2.76 bits per heavy atom. The van der Waals surface area contributed by atoms with Gasteiger partial charge in [-0.3, -0.25) is 4.79 Å². The number of carboxylic acids is 1. The van der Waals surface area contributed by atoms with Gasteiger partial charge in [0.2, 0.25) is 0 Å². The number of halogens is 2. The molecule has 1 aliphatic heterocycles. The van der Waals surface area contributed by atoms with Crippen molar-refractivity contribution in [3.8, 4) is 0 Å². The molecule has 1 heterocycles. The number of nitrogens with one attached hydrogen (secondary N) is 1. The van der Waals surface area contributed by atoms with Crippen LogP contribution in [0.4, 0.5) is 8.78 Å². The van der Waals surface area contributed by atoms with Gasteiger partial charge in [0.15, 0.2) is 11.6 Å². The lowest BCUT2D eigenvalue weighted by Gasteiger charge is -2.28. The van der Waals surface area contributed by atoms with E-state index in [1.165, 1.54) is 6.07 Å². The zero-order valence-corrected chi connectivity index (χ0v) is 9.34. The van der Waals surface area contributed by atoms with Crippen molar-refractivity contribution >= 4 is 5.97 Å². The number of rotatable bonds is 2. The van der Waals surface area contributed by atoms with Crippen molar-refractivity contribution in [1.29, 1.82) is 0 Å². The number of hydrogen-bond donors (Lipinski definition) is 2. The van der Waals surface area contributed by atoms with Crippen molar-refractivity contribution in [2.75, 3.05) is 13.1 Å². The summed E-state index contributed by atoms with van der Waals surface area (Å²) in [4.78, 5) is 11.1. The molecule has 5 heteroatoms. The first-order chi connectivity index (χ1) is 7.95. The maximum absolute atomic E-state index is 13.2. The fraction of sp³-hybridized carbons (Fsp3) is 0.417. The fourth-order valence-electron chi connectivity index (χ4n) is 2.34. The van der Waals surface area contributed by atoms with Crippen molar-refractivity contribution in [2.24, 2.45) is 5.92 Å². The zero-order valence-electron chi connectivity index (χ0n) is 9.34. The summed E-state index contributed by atoms with van der Waals surface area (Å²) in [5.41, 5.74) is -0.200. The van der Waals surface area contributed by atoms with Gasteiger partial charge in [-0.1, -0.05) is 13.0 Å². The molecule has 17 heavy (non-hydrogen) atoms. The highest BCUT2D eigenvalue weighted by molar-refractivity contribution is 5.73. The molecule has 0 amide bonds. The van der Waals surface area contributed by atoms with Crippen molar-refractivity contribution in [3.63, 3.8) is 0 Å². The van der Waals surface area contributed by atoms with E-state index >= 15 is 0 Å². The largest absolute Gasteiger partial charge is 0.481 e. The quantitative estimate of drug-likeness (QED) is 0.825. The van der Waals surface area contributed by atoms with Gasteiger partial charge < -0.3 is 10.4 Å². The fourth-order valence-corrected chi connectivity index (χ4v) is 2.34. The van der Waals surface area contributed by atoms with Gasteiger partial charge in [0, 0.05) is 18.5 Å². The molecule has 0 bridgehead atoms. The molecule has 3 nitrogen and oxygen atoms in total. The Hall–Kier alpha value is -1.49. The first-order valence-corrected chi connectivity index (χ1v) is 5.34. The van der Waals surface area contributed by atoms with Gasteiger partial charge in [0.05, 0.1) is 5.92 Å². The summed E-state index contributed by atoms with van der Waals surface area (Å²) in [5, 5.41) is 12.1. The lowest BCUT2D eigenvalue weighted by molar-refractivity contribution is -0.142. The SMILES string of the molecule is CC1(c2ccc(F)c(F)c2)CNCC1C(=O)O. The zero-order chi connectivity index (χ0) is 12.6. The summed E-state index contributed by atoms with van der Waals surface area (Å²) in [7, 11) is 0. The number of aliphatic carboxylic acids is 1. The number of hydrogen-bond acceptors (Lipinski definition) is 2. The summed E-state index contributed by atoms with van der Waals surface area (Å²) in [6.07, 6.45) is 0. The van der Waals surface area contributed by atoms with Crippen LogP contribution < -0.4 is 5.32 Å². The van der Waals surface area contributed by atoms with Gasteiger partial charge in [0.25, 0.3) is 0 Å². The summed E-state index contributed by atoms with van der Waals surface area (Å²) >= 11 is 0. The van der Waals surface area contributed by atoms with E-state index in [1.807, 2.05) is 0 Å². The standard InChI is InChI=1S/C12H13F2NO2/c1-12(6-15-5-8(12)11(16)17)7-2-3-9(13)10(14)4-7/h2-4,8,15H,5-6H2,1H3,(H,16,17). The molecule has 2 rings (SSSR count). The normalized spacial score (nSPS) is 28.3. The Bertz CT molecular complexity index is 464. The third-order valence-corrected chi connectivity index (χ3v) is 3.49. The van der Waals surface area contributed by atoms with Gasteiger partial charge in [-0.2, -0.15) is 0 Å². The van der Waals surface area contributed by atoms with E-state index in [0.29, 0.717) is 18.7 Å². The molecule has 1 aromatic rings. The molecular weight excluding hydrogens is 228 g/mol. The molecule has 0 radical (unpaired) electrons. The molecule has 1 aliphatic rings. The van der Waals surface area contributed by atoms with Crippen LogP contribution in [0.25, 0.3) is 0 Å². The van der Waals surface area contributed by atoms with Crippen molar-refractivity contribution in [2.45, 2.75) is 12.3 Å². The van der Waals surface area contributed by atoms with Crippen LogP contribution in [0.1, 0.15) is 12.5 Å². The molecule has 92 valence electrons. The third kappa shape index (κ3) is 1.91. The third-order valence-electron chi connectivity index (χ3n) is 3.49. The lowest BCUT2D eigenvalue weighted by Crippen LogP contribution is -2.36. The van der Waals surface area contributed by atoms with Crippen LogP contribution in [0.5, 0.6) is 0 Å². The first kappa shape index (κ1) is 12.0. The topological polar surface area (TPSA) is 49.3 Å². The first-order valence-electron chi connectivity index (χ1n) is 5.34. The summed E-state index contributed by atoms with van der Waals surface area (Å²) in [6, 6.07) is 3.56. The van der Waals surface area contributed by atoms with Crippen LogP contribution in [0.2, 0.25) is 0 Å². The average Bonchev–Trinajstić information content (AvgIpc) is 2.65. The van der Waals surface area contributed by atoms with Crippen LogP contribution in [0.15, 0.2) is 18.2 Å². The minimum atomic E-state index is -0.945. The highest BCUT2D eigenvalue weighted by Gasteiger charge is 2.44. The van der Waals surface area contributed by atoms with Crippen LogP contribution in [0, 0.1) is 17.6 Å². The van der Waals surface area contributed by atoms with Crippen molar-refractivity contribution in [3.05, 3.63) is 35.4 Å². The Morgan fingerprint density at radius 2 is 2.18 bits per heavy atom. The molecule has 0 aromatic heterocycles. The molecule has 0 aliphatic carbocycles. The summed E-state index contributed by atoms with van der Waals surface area (Å²) in [5.74, 6) is -3.43. The van der Waals surface area contributed by atoms with Crippen LogP contribution in [-0.2, 0) is 10.2 Å². The Balaban J connectivity index is 2.43. The minimum Gasteiger partial charge on any atom is -0.481 e. The molecule has 1 fully saturated rings. The van der Waals surface area contributed by atoms with E-state index in [1.54, 1.807) is 6.92 Å². The molecule has 1 saturated heterocycles. The van der Waals surface area contributed by atoms with Crippen LogP contribution in [0.3, 0.4) is 0 Å². The highest BCUT2D eigenvalue weighted by atomic mass is 19.2. The predicted octanol–water partition coefficient (Wildman–Crippen LogP) is 1.53. The highest BCUT2D eigenvalue weighted by Crippen LogP contribution is 2.35. The molecule has 2 atom stereocenters. The predicted molar refractivity (Wildman–Crippen MR) is 57.7 cm³/mol. The lowest BCUT2D eigenvalue weighted by atomic mass is 9.74. The average molecular weight is 241 g/mol. The van der Waals surface area contributed by atoms with E-state index in [2.05, 4.69) is 5.32 Å². The maximum Gasteiger partial charge on any atom is 0.308 e. The van der Waals surface area contributed by atoms with Gasteiger partial charge in [-0.15, -0.1) is 0 Å². The van der Waals surface area contributed by atoms with E-state index in [4.69, 9.17) is 5.11 Å². The number of carboxylic acid groups (broad SMARTS) is 1. The molecular formula is C12H13F2NO2. The summed E-state index contributed by atoms with van der Waals surface area (Å²) in [6.45, 7) is 2.53. The maximum atomic E-state index is 13.2. The second-order valence-electron chi connectivity index (χ2n) is 4.57. The van der Waals surface area contributed by atoms with Gasteiger partial charge in [0.1, 0.15) is 0 Å². The number of benzene rings is 1. The van der Waals surface area contributed by atoms with Gasteiger partial charge >= 0.3 is 5.97 Å². The van der Waals surface area contributed by atoms with Crippen LogP contribution >= 0.6 is 0 Å². The molecule has 1 aromatic carbocycles. The number of carbonyl (C=O) groups is 1. The van der Waals surface area contributed by atoms with E-state index in [0.717, 1.165) is 12.1 Å². The van der Waals surface area contributed by atoms with Crippen molar-refractivity contribution < 1.29 is 18.7 Å². The van der Waals surface area contributed by atoms with Gasteiger partial charge in [-0.05, 0) is 17.7 Å². The Morgan fingerprint density at radius 1 is 1.47 bits per heavy atom. The second-order valence-corrected chi connectivity index (χ2v) is 4.57. The second kappa shape index (κ2) is 4.07. The van der Waals surface area contributed by atoms with E-state index in [-0.39, 0.29) is 0 Å². The smallest absolute Gasteiger partial charge is 0.308 e. The molecule has 2 unspecified atom stereocenters. The Labute approximate surface area is 97.5 Å². The molecule has 0 saturated carbocycles. The monoisotopic (exact) mass is 241 g/mol. The molecule has 0 spiro atoms.